The van der Waals surface area contributed by atoms with Crippen LogP contribution in [-0.4, -0.2) is 71.0 Å². The number of anilines is 1. The first-order chi connectivity index (χ1) is 11.5. The van der Waals surface area contributed by atoms with E-state index in [1.807, 2.05) is 6.07 Å². The molecule has 24 heavy (non-hydrogen) atoms. The second-order valence-electron chi connectivity index (χ2n) is 7.44. The standard InChI is InChI=1S/C18H29N5O/c1-14-11-15(2)13-23(12-14)17(24)16(3)21-7-9-22(10-8-21)18-19-5-4-6-20-18/h4-6,14-16H,7-13H2,1-3H3/t14-,15-,16-/m1/s1. The third-order valence-electron chi connectivity index (χ3n) is 5.23. The number of carbonyl (C=O) groups excluding carboxylic acids is 1. The van der Waals surface area contributed by atoms with Gasteiger partial charge in [-0.25, -0.2) is 9.97 Å². The van der Waals surface area contributed by atoms with E-state index in [0.29, 0.717) is 11.8 Å². The summed E-state index contributed by atoms with van der Waals surface area (Å²) in [5.41, 5.74) is 0. The molecule has 2 aliphatic rings. The monoisotopic (exact) mass is 331 g/mol. The lowest BCUT2D eigenvalue weighted by Crippen LogP contribution is -2.56. The minimum Gasteiger partial charge on any atom is -0.341 e. The molecule has 132 valence electrons. The highest BCUT2D eigenvalue weighted by molar-refractivity contribution is 5.81. The lowest BCUT2D eigenvalue weighted by atomic mass is 9.91. The van der Waals surface area contributed by atoms with E-state index < -0.39 is 0 Å². The molecular formula is C18H29N5O. The number of hydrogen-bond acceptors (Lipinski definition) is 5. The number of amides is 1. The van der Waals surface area contributed by atoms with Gasteiger partial charge >= 0.3 is 0 Å². The Labute approximate surface area is 144 Å². The Morgan fingerprint density at radius 1 is 1.08 bits per heavy atom. The van der Waals surface area contributed by atoms with Gasteiger partial charge in [-0.3, -0.25) is 9.69 Å². The van der Waals surface area contributed by atoms with Crippen LogP contribution in [0.3, 0.4) is 0 Å². The maximum absolute atomic E-state index is 12.9. The molecule has 0 N–H and O–H groups in total. The lowest BCUT2D eigenvalue weighted by Gasteiger charge is -2.41. The van der Waals surface area contributed by atoms with Crippen LogP contribution < -0.4 is 4.90 Å². The van der Waals surface area contributed by atoms with Gasteiger partial charge in [-0.15, -0.1) is 0 Å². The molecule has 2 saturated heterocycles. The molecule has 0 radical (unpaired) electrons. The molecule has 0 unspecified atom stereocenters. The van der Waals surface area contributed by atoms with Crippen molar-refractivity contribution >= 4 is 11.9 Å². The summed E-state index contributed by atoms with van der Waals surface area (Å²) in [6.45, 7) is 11.9. The number of aromatic nitrogens is 2. The number of rotatable bonds is 3. The van der Waals surface area contributed by atoms with Gasteiger partial charge in [-0.2, -0.15) is 0 Å². The summed E-state index contributed by atoms with van der Waals surface area (Å²) >= 11 is 0. The van der Waals surface area contributed by atoms with E-state index in [4.69, 9.17) is 0 Å². The van der Waals surface area contributed by atoms with Crippen molar-refractivity contribution in [1.82, 2.24) is 19.8 Å². The highest BCUT2D eigenvalue weighted by Gasteiger charge is 2.32. The molecule has 3 rings (SSSR count). The summed E-state index contributed by atoms with van der Waals surface area (Å²) in [4.78, 5) is 28.1. The number of piperazine rings is 1. The summed E-state index contributed by atoms with van der Waals surface area (Å²) in [7, 11) is 0. The summed E-state index contributed by atoms with van der Waals surface area (Å²) in [6, 6.07) is 1.79. The molecule has 1 aromatic heterocycles. The van der Waals surface area contributed by atoms with Crippen LogP contribution in [-0.2, 0) is 4.79 Å². The summed E-state index contributed by atoms with van der Waals surface area (Å²) in [5, 5.41) is 0. The van der Waals surface area contributed by atoms with E-state index in [1.165, 1.54) is 6.42 Å². The Hall–Kier alpha value is -1.69. The van der Waals surface area contributed by atoms with Crippen molar-refractivity contribution < 1.29 is 4.79 Å². The highest BCUT2D eigenvalue weighted by atomic mass is 16.2. The van der Waals surface area contributed by atoms with E-state index in [9.17, 15) is 4.79 Å². The van der Waals surface area contributed by atoms with Crippen LogP contribution in [0.4, 0.5) is 5.95 Å². The first kappa shape index (κ1) is 17.1. The van der Waals surface area contributed by atoms with Crippen LogP contribution in [0, 0.1) is 11.8 Å². The minimum absolute atomic E-state index is 0.0404. The highest BCUT2D eigenvalue weighted by Crippen LogP contribution is 2.22. The van der Waals surface area contributed by atoms with E-state index in [-0.39, 0.29) is 11.9 Å². The van der Waals surface area contributed by atoms with Crippen molar-refractivity contribution in [1.29, 1.82) is 0 Å². The van der Waals surface area contributed by atoms with Crippen molar-refractivity contribution in [3.63, 3.8) is 0 Å². The summed E-state index contributed by atoms with van der Waals surface area (Å²) < 4.78 is 0. The smallest absolute Gasteiger partial charge is 0.239 e. The van der Waals surface area contributed by atoms with Gasteiger partial charge in [-0.05, 0) is 31.2 Å². The molecule has 6 nitrogen and oxygen atoms in total. The van der Waals surface area contributed by atoms with E-state index >= 15 is 0 Å². The molecular weight excluding hydrogens is 302 g/mol. The van der Waals surface area contributed by atoms with Gasteiger partial charge in [0.1, 0.15) is 0 Å². The summed E-state index contributed by atoms with van der Waals surface area (Å²) in [6.07, 6.45) is 4.78. The first-order valence-electron chi connectivity index (χ1n) is 9.09. The predicted octanol–water partition coefficient (Wildman–Crippen LogP) is 1.49. The first-order valence-corrected chi connectivity index (χ1v) is 9.09. The molecule has 0 aromatic carbocycles. The van der Waals surface area contributed by atoms with Crippen LogP contribution >= 0.6 is 0 Å². The maximum Gasteiger partial charge on any atom is 0.239 e. The Kier molecular flexibility index (Phi) is 5.33. The Balaban J connectivity index is 1.55. The quantitative estimate of drug-likeness (QED) is 0.840. The number of carbonyl (C=O) groups is 1. The van der Waals surface area contributed by atoms with Gasteiger partial charge < -0.3 is 9.80 Å². The Morgan fingerprint density at radius 3 is 2.25 bits per heavy atom. The zero-order valence-electron chi connectivity index (χ0n) is 15.1. The number of piperidine rings is 1. The van der Waals surface area contributed by atoms with Gasteiger partial charge in [0, 0.05) is 51.7 Å². The van der Waals surface area contributed by atoms with Crippen LogP contribution in [0.5, 0.6) is 0 Å². The molecule has 3 atom stereocenters. The Morgan fingerprint density at radius 2 is 1.67 bits per heavy atom. The van der Waals surface area contributed by atoms with Crippen LogP contribution in [0.15, 0.2) is 18.5 Å². The van der Waals surface area contributed by atoms with E-state index in [2.05, 4.69) is 45.4 Å². The average Bonchev–Trinajstić information content (AvgIpc) is 2.60. The van der Waals surface area contributed by atoms with Gasteiger partial charge in [0.2, 0.25) is 11.9 Å². The van der Waals surface area contributed by atoms with Crippen LogP contribution in [0.1, 0.15) is 27.2 Å². The zero-order valence-corrected chi connectivity index (χ0v) is 15.1. The van der Waals surface area contributed by atoms with Gasteiger partial charge in [0.15, 0.2) is 0 Å². The Bertz CT molecular complexity index is 534. The SMILES string of the molecule is C[C@@H]1C[C@@H](C)CN(C(=O)[C@@H](C)N2CCN(c3ncccn3)CC2)C1. The second kappa shape index (κ2) is 7.47. The van der Waals surface area contributed by atoms with Crippen molar-refractivity contribution in [2.75, 3.05) is 44.2 Å². The summed E-state index contributed by atoms with van der Waals surface area (Å²) in [5.74, 6) is 2.29. The van der Waals surface area contributed by atoms with Crippen molar-refractivity contribution in [2.24, 2.45) is 11.8 Å². The number of hydrogen-bond donors (Lipinski definition) is 0. The topological polar surface area (TPSA) is 52.6 Å². The number of likely N-dealkylation sites (tertiary alicyclic amines) is 1. The molecule has 6 heteroatoms. The average molecular weight is 331 g/mol. The van der Waals surface area contributed by atoms with Crippen molar-refractivity contribution in [3.05, 3.63) is 18.5 Å². The largest absolute Gasteiger partial charge is 0.341 e. The lowest BCUT2D eigenvalue weighted by molar-refractivity contribution is -0.139. The second-order valence-corrected chi connectivity index (χ2v) is 7.44. The zero-order chi connectivity index (χ0) is 17.1. The maximum atomic E-state index is 12.9. The molecule has 3 heterocycles. The van der Waals surface area contributed by atoms with Crippen molar-refractivity contribution in [3.8, 4) is 0 Å². The molecule has 1 amide bonds. The minimum atomic E-state index is -0.0404. The van der Waals surface area contributed by atoms with Crippen molar-refractivity contribution in [2.45, 2.75) is 33.2 Å². The fourth-order valence-electron chi connectivity index (χ4n) is 4.03. The fourth-order valence-corrected chi connectivity index (χ4v) is 4.03. The normalized spacial score (nSPS) is 27.1. The van der Waals surface area contributed by atoms with Gasteiger partial charge in [-0.1, -0.05) is 13.8 Å². The van der Waals surface area contributed by atoms with E-state index in [1.54, 1.807) is 12.4 Å². The third kappa shape index (κ3) is 3.86. The van der Waals surface area contributed by atoms with Crippen LogP contribution in [0.2, 0.25) is 0 Å². The predicted molar refractivity (Wildman–Crippen MR) is 94.8 cm³/mol. The molecule has 0 spiro atoms. The van der Waals surface area contributed by atoms with Gasteiger partial charge in [0.05, 0.1) is 6.04 Å². The fraction of sp³-hybridized carbons (Fsp3) is 0.722. The molecule has 1 aromatic rings. The van der Waals surface area contributed by atoms with E-state index in [0.717, 1.165) is 45.2 Å². The van der Waals surface area contributed by atoms with Crippen LogP contribution in [0.25, 0.3) is 0 Å². The third-order valence-corrected chi connectivity index (χ3v) is 5.23. The molecule has 0 aliphatic carbocycles. The molecule has 2 aliphatic heterocycles. The molecule has 2 fully saturated rings. The molecule has 0 bridgehead atoms. The molecule has 0 saturated carbocycles. The number of nitrogens with zero attached hydrogens (tertiary/aromatic N) is 5. The van der Waals surface area contributed by atoms with Gasteiger partial charge in [0.25, 0.3) is 0 Å².